The molecular weight excluding hydrogens is 524 g/mol. The first-order chi connectivity index (χ1) is 21.3. The number of aromatic nitrogens is 2. The lowest BCUT2D eigenvalue weighted by atomic mass is 9.92. The average Bonchev–Trinajstić information content (AvgIpc) is 3.47. The van der Waals surface area contributed by atoms with Crippen molar-refractivity contribution in [2.45, 2.75) is 0 Å². The van der Waals surface area contributed by atoms with Gasteiger partial charge in [0.25, 0.3) is 0 Å². The minimum atomic E-state index is 0.700. The highest BCUT2D eigenvalue weighted by Crippen LogP contribution is 2.39. The Bertz CT molecular complexity index is 2160. The molecule has 0 aliphatic carbocycles. The van der Waals surface area contributed by atoms with Crippen molar-refractivity contribution in [3.63, 3.8) is 0 Å². The van der Waals surface area contributed by atoms with Gasteiger partial charge < -0.3 is 4.42 Å². The number of hydrogen-bond acceptors (Lipinski definition) is 3. The number of hydrogen-bond donors (Lipinski definition) is 0. The zero-order chi connectivity index (χ0) is 28.6. The van der Waals surface area contributed by atoms with Gasteiger partial charge in [0.1, 0.15) is 11.2 Å². The zero-order valence-electron chi connectivity index (χ0n) is 23.3. The lowest BCUT2D eigenvalue weighted by Gasteiger charge is -2.15. The van der Waals surface area contributed by atoms with Crippen LogP contribution in [0.1, 0.15) is 0 Å². The maximum absolute atomic E-state index is 6.16. The van der Waals surface area contributed by atoms with Gasteiger partial charge in [-0.2, -0.15) is 0 Å². The maximum Gasteiger partial charge on any atom is 0.160 e. The molecule has 0 saturated heterocycles. The van der Waals surface area contributed by atoms with E-state index in [1.165, 1.54) is 5.56 Å². The van der Waals surface area contributed by atoms with Crippen molar-refractivity contribution < 1.29 is 4.42 Å². The van der Waals surface area contributed by atoms with E-state index < -0.39 is 0 Å². The number of benzene rings is 6. The van der Waals surface area contributed by atoms with Crippen molar-refractivity contribution in [1.29, 1.82) is 0 Å². The van der Waals surface area contributed by atoms with Crippen LogP contribution in [0, 0.1) is 0 Å². The van der Waals surface area contributed by atoms with Crippen LogP contribution in [0.5, 0.6) is 0 Å². The molecule has 3 nitrogen and oxygen atoms in total. The predicted molar refractivity (Wildman–Crippen MR) is 176 cm³/mol. The molecule has 0 N–H and O–H groups in total. The van der Waals surface area contributed by atoms with Crippen LogP contribution in [-0.2, 0) is 0 Å². The Hall–Kier alpha value is -5.80. The van der Waals surface area contributed by atoms with Gasteiger partial charge in [-0.05, 0) is 52.6 Å². The van der Waals surface area contributed by atoms with Crippen LogP contribution in [0.3, 0.4) is 0 Å². The van der Waals surface area contributed by atoms with Gasteiger partial charge in [-0.3, -0.25) is 0 Å². The lowest BCUT2D eigenvalue weighted by molar-refractivity contribution is 0.669. The molecule has 43 heavy (non-hydrogen) atoms. The van der Waals surface area contributed by atoms with E-state index in [1.807, 2.05) is 54.6 Å². The summed E-state index contributed by atoms with van der Waals surface area (Å²) in [7, 11) is 0. The Morgan fingerprint density at radius 2 is 0.953 bits per heavy atom. The van der Waals surface area contributed by atoms with Gasteiger partial charge in [0.2, 0.25) is 0 Å². The average molecular weight is 551 g/mol. The minimum Gasteiger partial charge on any atom is -0.456 e. The molecule has 0 saturated carbocycles. The second kappa shape index (κ2) is 10.6. The molecule has 0 atom stereocenters. The first kappa shape index (κ1) is 25.0. The molecule has 0 aliphatic heterocycles. The van der Waals surface area contributed by atoms with E-state index in [2.05, 4.69) is 103 Å². The highest BCUT2D eigenvalue weighted by atomic mass is 16.3. The third kappa shape index (κ3) is 4.67. The maximum atomic E-state index is 6.16. The SMILES string of the molecule is c1ccc(-c2ccc(-c3cc(-c4ccccc4)nc(-c4ccccc4)n3)c(-c3ccc4oc5ccccc5c4c3)c2)cc1. The molecule has 202 valence electrons. The Labute approximate surface area is 249 Å². The molecular formula is C40H26N2O. The summed E-state index contributed by atoms with van der Waals surface area (Å²) in [5.74, 6) is 0.700. The Kier molecular flexibility index (Phi) is 6.12. The van der Waals surface area contributed by atoms with Crippen molar-refractivity contribution in [2.24, 2.45) is 0 Å². The molecule has 0 unspecified atom stereocenters. The highest BCUT2D eigenvalue weighted by Gasteiger charge is 2.17. The molecule has 0 aliphatic rings. The Balaban J connectivity index is 1.38. The van der Waals surface area contributed by atoms with Crippen molar-refractivity contribution >= 4 is 21.9 Å². The quantitative estimate of drug-likeness (QED) is 0.214. The molecule has 0 radical (unpaired) electrons. The van der Waals surface area contributed by atoms with E-state index in [0.29, 0.717) is 5.82 Å². The van der Waals surface area contributed by atoms with E-state index in [4.69, 9.17) is 14.4 Å². The largest absolute Gasteiger partial charge is 0.456 e. The topological polar surface area (TPSA) is 38.9 Å². The first-order valence-corrected chi connectivity index (χ1v) is 14.4. The fourth-order valence-electron chi connectivity index (χ4n) is 5.77. The van der Waals surface area contributed by atoms with Gasteiger partial charge in [0, 0.05) is 27.5 Å². The normalized spacial score (nSPS) is 11.3. The molecule has 8 aromatic rings. The summed E-state index contributed by atoms with van der Waals surface area (Å²) in [6, 6.07) is 54.5. The molecule has 0 bridgehead atoms. The molecule has 2 aromatic heterocycles. The zero-order valence-corrected chi connectivity index (χ0v) is 23.3. The second-order valence-electron chi connectivity index (χ2n) is 10.6. The summed E-state index contributed by atoms with van der Waals surface area (Å²) in [6.45, 7) is 0. The minimum absolute atomic E-state index is 0.700. The van der Waals surface area contributed by atoms with Crippen LogP contribution in [0.15, 0.2) is 162 Å². The fourth-order valence-corrected chi connectivity index (χ4v) is 5.77. The van der Waals surface area contributed by atoms with Crippen molar-refractivity contribution in [3.05, 3.63) is 158 Å². The summed E-state index contributed by atoms with van der Waals surface area (Å²) < 4.78 is 6.16. The summed E-state index contributed by atoms with van der Waals surface area (Å²) >= 11 is 0. The molecule has 0 spiro atoms. The van der Waals surface area contributed by atoms with Crippen LogP contribution < -0.4 is 0 Å². The number of furan rings is 1. The standard InChI is InChI=1S/C40H26N2O/c1-4-12-27(13-5-1)30-20-22-32(34(24-30)31-21-23-39-35(25-31)33-18-10-11-19-38(33)43-39)37-26-36(28-14-6-2-7-15-28)41-40(42-37)29-16-8-3-9-17-29/h1-26H. The summed E-state index contributed by atoms with van der Waals surface area (Å²) in [5, 5.41) is 2.21. The van der Waals surface area contributed by atoms with Crippen LogP contribution in [0.4, 0.5) is 0 Å². The predicted octanol–water partition coefficient (Wildman–Crippen LogP) is 10.7. The van der Waals surface area contributed by atoms with Gasteiger partial charge in [-0.15, -0.1) is 0 Å². The summed E-state index contributed by atoms with van der Waals surface area (Å²) in [6.07, 6.45) is 0. The summed E-state index contributed by atoms with van der Waals surface area (Å²) in [4.78, 5) is 10.2. The summed E-state index contributed by atoms with van der Waals surface area (Å²) in [5.41, 5.74) is 11.1. The molecule has 0 fully saturated rings. The number of para-hydroxylation sites is 1. The Morgan fingerprint density at radius 3 is 1.72 bits per heavy atom. The van der Waals surface area contributed by atoms with Gasteiger partial charge in [-0.25, -0.2) is 9.97 Å². The van der Waals surface area contributed by atoms with Crippen LogP contribution in [0.25, 0.3) is 78.1 Å². The van der Waals surface area contributed by atoms with Crippen LogP contribution in [0.2, 0.25) is 0 Å². The second-order valence-corrected chi connectivity index (χ2v) is 10.6. The van der Waals surface area contributed by atoms with Crippen LogP contribution in [-0.4, -0.2) is 9.97 Å². The van der Waals surface area contributed by atoms with E-state index in [1.54, 1.807) is 0 Å². The third-order valence-electron chi connectivity index (χ3n) is 7.92. The van der Waals surface area contributed by atoms with Gasteiger partial charge in [0.05, 0.1) is 11.4 Å². The van der Waals surface area contributed by atoms with E-state index >= 15 is 0 Å². The van der Waals surface area contributed by atoms with E-state index in [-0.39, 0.29) is 0 Å². The molecule has 8 rings (SSSR count). The molecule has 2 heterocycles. The molecule has 6 aromatic carbocycles. The third-order valence-corrected chi connectivity index (χ3v) is 7.92. The van der Waals surface area contributed by atoms with Gasteiger partial charge in [0.15, 0.2) is 5.82 Å². The van der Waals surface area contributed by atoms with Crippen molar-refractivity contribution in [2.75, 3.05) is 0 Å². The first-order valence-electron chi connectivity index (χ1n) is 14.4. The molecule has 0 amide bonds. The van der Waals surface area contributed by atoms with Crippen molar-refractivity contribution in [3.8, 4) is 56.2 Å². The monoisotopic (exact) mass is 550 g/mol. The smallest absolute Gasteiger partial charge is 0.160 e. The lowest BCUT2D eigenvalue weighted by Crippen LogP contribution is -1.97. The number of rotatable bonds is 5. The number of nitrogens with zero attached hydrogens (tertiary/aromatic N) is 2. The highest BCUT2D eigenvalue weighted by molar-refractivity contribution is 6.06. The van der Waals surface area contributed by atoms with Gasteiger partial charge >= 0.3 is 0 Å². The van der Waals surface area contributed by atoms with Crippen molar-refractivity contribution in [1.82, 2.24) is 9.97 Å². The Morgan fingerprint density at radius 1 is 0.349 bits per heavy atom. The van der Waals surface area contributed by atoms with Gasteiger partial charge in [-0.1, -0.05) is 127 Å². The molecule has 3 heteroatoms. The van der Waals surface area contributed by atoms with E-state index in [9.17, 15) is 0 Å². The fraction of sp³-hybridized carbons (Fsp3) is 0. The van der Waals surface area contributed by atoms with E-state index in [0.717, 1.165) is 66.7 Å². The van der Waals surface area contributed by atoms with Crippen LogP contribution >= 0.6 is 0 Å². The number of fused-ring (bicyclic) bond motifs is 3.